The van der Waals surface area contributed by atoms with Crippen molar-refractivity contribution in [3.05, 3.63) is 65.2 Å². The van der Waals surface area contributed by atoms with E-state index in [1.54, 1.807) is 0 Å². The van der Waals surface area contributed by atoms with Crippen LogP contribution in [-0.2, 0) is 0 Å². The largest absolute Gasteiger partial charge is 0.360 e. The highest BCUT2D eigenvalue weighted by Gasteiger charge is 2.35. The summed E-state index contributed by atoms with van der Waals surface area (Å²) in [6.07, 6.45) is 0. The van der Waals surface area contributed by atoms with Gasteiger partial charge in [0.25, 0.3) is 0 Å². The molecule has 0 radical (unpaired) electrons. The van der Waals surface area contributed by atoms with E-state index in [1.807, 2.05) is 49.5 Å². The Morgan fingerprint density at radius 2 is 1.78 bits per heavy atom. The SMILES string of the molecule is Cc1ccc2c(c1)N(C)C(c1ccccc1)C2=O. The number of anilines is 1. The van der Waals surface area contributed by atoms with Gasteiger partial charge >= 0.3 is 0 Å². The molecule has 0 saturated carbocycles. The molecule has 2 nitrogen and oxygen atoms in total. The van der Waals surface area contributed by atoms with Crippen molar-refractivity contribution in [2.24, 2.45) is 0 Å². The first-order chi connectivity index (χ1) is 8.68. The lowest BCUT2D eigenvalue weighted by atomic mass is 10.0. The lowest BCUT2D eigenvalue weighted by Crippen LogP contribution is -2.23. The fourth-order valence-electron chi connectivity index (χ4n) is 2.61. The number of benzene rings is 2. The molecule has 0 saturated heterocycles. The Hall–Kier alpha value is -2.09. The standard InChI is InChI=1S/C16H15NO/c1-11-8-9-13-14(10-11)17(2)15(16(13)18)12-6-4-3-5-7-12/h3-10,15H,1-2H3. The Morgan fingerprint density at radius 3 is 2.50 bits per heavy atom. The quantitative estimate of drug-likeness (QED) is 0.758. The minimum atomic E-state index is -0.178. The third-order valence-electron chi connectivity index (χ3n) is 3.55. The first-order valence-electron chi connectivity index (χ1n) is 6.11. The van der Waals surface area contributed by atoms with Crippen molar-refractivity contribution in [3.8, 4) is 0 Å². The van der Waals surface area contributed by atoms with Crippen molar-refractivity contribution < 1.29 is 4.79 Å². The van der Waals surface area contributed by atoms with Gasteiger partial charge in [-0.15, -0.1) is 0 Å². The normalized spacial score (nSPS) is 18.0. The lowest BCUT2D eigenvalue weighted by Gasteiger charge is -2.21. The molecule has 1 atom stereocenters. The van der Waals surface area contributed by atoms with E-state index in [4.69, 9.17) is 0 Å². The fraction of sp³-hybridized carbons (Fsp3) is 0.188. The van der Waals surface area contributed by atoms with Crippen LogP contribution in [0.3, 0.4) is 0 Å². The number of nitrogens with zero attached hydrogens (tertiary/aromatic N) is 1. The zero-order valence-electron chi connectivity index (χ0n) is 10.6. The summed E-state index contributed by atoms with van der Waals surface area (Å²) in [5.41, 5.74) is 4.10. The number of ketones is 1. The van der Waals surface area contributed by atoms with Gasteiger partial charge in [0.1, 0.15) is 6.04 Å². The van der Waals surface area contributed by atoms with Gasteiger partial charge in [-0.05, 0) is 30.2 Å². The maximum Gasteiger partial charge on any atom is 0.191 e. The summed E-state index contributed by atoms with van der Waals surface area (Å²) >= 11 is 0. The van der Waals surface area contributed by atoms with E-state index in [0.717, 1.165) is 16.8 Å². The second-order valence-electron chi connectivity index (χ2n) is 4.81. The second-order valence-corrected chi connectivity index (χ2v) is 4.81. The molecule has 1 aliphatic heterocycles. The van der Waals surface area contributed by atoms with Crippen molar-refractivity contribution in [2.75, 3.05) is 11.9 Å². The number of carbonyl (C=O) groups is 1. The van der Waals surface area contributed by atoms with Gasteiger partial charge in [0.15, 0.2) is 5.78 Å². The Kier molecular flexibility index (Phi) is 2.44. The maximum absolute atomic E-state index is 12.5. The number of Topliss-reactive ketones (excluding diaryl/α,β-unsaturated/α-hetero) is 1. The molecule has 2 heteroatoms. The molecule has 2 aromatic rings. The third-order valence-corrected chi connectivity index (χ3v) is 3.55. The second kappa shape index (κ2) is 3.98. The van der Waals surface area contributed by atoms with Gasteiger partial charge in [-0.1, -0.05) is 36.4 Å². The predicted molar refractivity (Wildman–Crippen MR) is 73.1 cm³/mol. The van der Waals surface area contributed by atoms with Crippen LogP contribution in [0, 0.1) is 6.92 Å². The van der Waals surface area contributed by atoms with Gasteiger partial charge in [-0.25, -0.2) is 0 Å². The minimum absolute atomic E-state index is 0.178. The summed E-state index contributed by atoms with van der Waals surface area (Å²) < 4.78 is 0. The molecule has 0 spiro atoms. The zero-order valence-corrected chi connectivity index (χ0v) is 10.6. The number of hydrogen-bond donors (Lipinski definition) is 0. The van der Waals surface area contributed by atoms with Gasteiger partial charge in [0.05, 0.1) is 0 Å². The van der Waals surface area contributed by atoms with E-state index >= 15 is 0 Å². The number of carbonyl (C=O) groups excluding carboxylic acids is 1. The average Bonchev–Trinajstić information content (AvgIpc) is 2.63. The zero-order chi connectivity index (χ0) is 12.7. The molecular weight excluding hydrogens is 222 g/mol. The van der Waals surface area contributed by atoms with Gasteiger partial charge in [-0.2, -0.15) is 0 Å². The molecule has 0 N–H and O–H groups in total. The molecule has 0 fully saturated rings. The minimum Gasteiger partial charge on any atom is -0.360 e. The molecular formula is C16H15NO. The summed E-state index contributed by atoms with van der Waals surface area (Å²) in [5, 5.41) is 0. The van der Waals surface area contributed by atoms with E-state index in [2.05, 4.69) is 17.9 Å². The summed E-state index contributed by atoms with van der Waals surface area (Å²) in [4.78, 5) is 14.5. The van der Waals surface area contributed by atoms with E-state index in [1.165, 1.54) is 5.56 Å². The Balaban J connectivity index is 2.10. The van der Waals surface area contributed by atoms with Gasteiger partial charge in [0, 0.05) is 18.3 Å². The summed E-state index contributed by atoms with van der Waals surface area (Å²) in [7, 11) is 1.99. The Labute approximate surface area is 107 Å². The summed E-state index contributed by atoms with van der Waals surface area (Å²) in [6, 6.07) is 15.8. The Morgan fingerprint density at radius 1 is 1.06 bits per heavy atom. The van der Waals surface area contributed by atoms with Gasteiger partial charge in [-0.3, -0.25) is 4.79 Å². The number of likely N-dealkylation sites (N-methyl/N-ethyl adjacent to an activating group) is 1. The first kappa shape index (κ1) is 11.0. The highest BCUT2D eigenvalue weighted by Crippen LogP contribution is 2.39. The lowest BCUT2D eigenvalue weighted by molar-refractivity contribution is 0.0972. The molecule has 90 valence electrons. The van der Waals surface area contributed by atoms with Crippen LogP contribution in [0.5, 0.6) is 0 Å². The van der Waals surface area contributed by atoms with Crippen LogP contribution >= 0.6 is 0 Å². The number of fused-ring (bicyclic) bond motifs is 1. The van der Waals surface area contributed by atoms with Crippen molar-refractivity contribution in [1.82, 2.24) is 0 Å². The van der Waals surface area contributed by atoms with E-state index in [9.17, 15) is 4.79 Å². The molecule has 1 aliphatic rings. The van der Waals surface area contributed by atoms with Crippen LogP contribution in [0.25, 0.3) is 0 Å². The van der Waals surface area contributed by atoms with Crippen LogP contribution in [0.4, 0.5) is 5.69 Å². The molecule has 1 heterocycles. The van der Waals surface area contributed by atoms with Crippen molar-refractivity contribution >= 4 is 11.5 Å². The predicted octanol–water partition coefficient (Wildman–Crippen LogP) is 3.37. The average molecular weight is 237 g/mol. The van der Waals surface area contributed by atoms with Crippen LogP contribution in [-0.4, -0.2) is 12.8 Å². The summed E-state index contributed by atoms with van der Waals surface area (Å²) in [6.45, 7) is 2.05. The molecule has 2 aromatic carbocycles. The third kappa shape index (κ3) is 1.53. The van der Waals surface area contributed by atoms with E-state index in [0.29, 0.717) is 0 Å². The van der Waals surface area contributed by atoms with E-state index < -0.39 is 0 Å². The monoisotopic (exact) mass is 237 g/mol. The number of hydrogen-bond acceptors (Lipinski definition) is 2. The highest BCUT2D eigenvalue weighted by molar-refractivity contribution is 6.11. The molecule has 0 aromatic heterocycles. The highest BCUT2D eigenvalue weighted by atomic mass is 16.1. The van der Waals surface area contributed by atoms with Crippen LogP contribution < -0.4 is 4.90 Å². The van der Waals surface area contributed by atoms with Crippen molar-refractivity contribution in [1.29, 1.82) is 0 Å². The van der Waals surface area contributed by atoms with Gasteiger partial charge in [0.2, 0.25) is 0 Å². The van der Waals surface area contributed by atoms with Crippen LogP contribution in [0.15, 0.2) is 48.5 Å². The summed E-state index contributed by atoms with van der Waals surface area (Å²) in [5.74, 6) is 0.193. The smallest absolute Gasteiger partial charge is 0.191 e. The maximum atomic E-state index is 12.5. The molecule has 3 rings (SSSR count). The fourth-order valence-corrected chi connectivity index (χ4v) is 2.61. The molecule has 18 heavy (non-hydrogen) atoms. The van der Waals surface area contributed by atoms with Crippen molar-refractivity contribution in [3.63, 3.8) is 0 Å². The molecule has 0 aliphatic carbocycles. The van der Waals surface area contributed by atoms with E-state index in [-0.39, 0.29) is 11.8 Å². The number of aryl methyl sites for hydroxylation is 1. The topological polar surface area (TPSA) is 20.3 Å². The van der Waals surface area contributed by atoms with Crippen molar-refractivity contribution in [2.45, 2.75) is 13.0 Å². The van der Waals surface area contributed by atoms with Crippen LogP contribution in [0.2, 0.25) is 0 Å². The number of rotatable bonds is 1. The molecule has 1 unspecified atom stereocenters. The molecule has 0 bridgehead atoms. The molecule has 0 amide bonds. The first-order valence-corrected chi connectivity index (χ1v) is 6.11. The van der Waals surface area contributed by atoms with Gasteiger partial charge < -0.3 is 4.90 Å². The van der Waals surface area contributed by atoms with Crippen LogP contribution in [0.1, 0.15) is 27.5 Å². The Bertz CT molecular complexity index is 604.